The number of hydrogen-bond acceptors (Lipinski definition) is 7. The summed E-state index contributed by atoms with van der Waals surface area (Å²) in [7, 11) is 3.28. The quantitative estimate of drug-likeness (QED) is 0.642. The van der Waals surface area contributed by atoms with Crippen LogP contribution in [0.5, 0.6) is 5.88 Å². The third-order valence-electron chi connectivity index (χ3n) is 6.31. The predicted molar refractivity (Wildman–Crippen MR) is 120 cm³/mol. The number of carbonyl (C=O) groups excluding carboxylic acids is 1. The molecule has 1 aromatic carbocycles. The Balaban J connectivity index is 1.46. The Morgan fingerprint density at radius 1 is 1.22 bits per heavy atom. The normalized spacial score (nSPS) is 15.5. The number of likely N-dealkylation sites (N-methyl/N-ethyl adjacent to an activating group) is 1. The van der Waals surface area contributed by atoms with Gasteiger partial charge >= 0.3 is 0 Å². The van der Waals surface area contributed by atoms with Crippen LogP contribution >= 0.6 is 0 Å². The number of nitrogens with zero attached hydrogens (tertiary/aromatic N) is 5. The molecule has 1 spiro atoms. The molecular weight excluding hydrogens is 406 g/mol. The minimum Gasteiger partial charge on any atom is -0.481 e. The van der Waals surface area contributed by atoms with Crippen LogP contribution in [0.4, 0.5) is 11.6 Å². The number of aliphatic hydroxyl groups is 1. The minimum atomic E-state index is -0.112. The number of amides is 1. The smallest absolute Gasteiger partial charge is 0.253 e. The largest absolute Gasteiger partial charge is 0.481 e. The van der Waals surface area contributed by atoms with Crippen molar-refractivity contribution in [2.24, 2.45) is 0 Å². The highest BCUT2D eigenvalue weighted by atomic mass is 16.5. The highest BCUT2D eigenvalue weighted by Crippen LogP contribution is 2.57. The molecule has 0 saturated heterocycles. The number of rotatable bonds is 6. The summed E-state index contributed by atoms with van der Waals surface area (Å²) < 4.78 is 5.21. The third-order valence-corrected chi connectivity index (χ3v) is 6.31. The number of aromatic nitrogens is 3. The fourth-order valence-corrected chi connectivity index (χ4v) is 4.32. The second-order valence-corrected chi connectivity index (χ2v) is 8.39. The summed E-state index contributed by atoms with van der Waals surface area (Å²) in [6.07, 6.45) is 5.79. The number of fused-ring (bicyclic) bond motifs is 2. The molecule has 32 heavy (non-hydrogen) atoms. The molecule has 8 heteroatoms. The lowest BCUT2D eigenvalue weighted by atomic mass is 9.97. The van der Waals surface area contributed by atoms with Crippen LogP contribution < -0.4 is 9.64 Å². The first-order valence-electron chi connectivity index (χ1n) is 10.7. The topological polar surface area (TPSA) is 91.7 Å². The van der Waals surface area contributed by atoms with Gasteiger partial charge in [0.05, 0.1) is 19.4 Å². The summed E-state index contributed by atoms with van der Waals surface area (Å²) in [5.41, 5.74) is 4.52. The zero-order valence-corrected chi connectivity index (χ0v) is 18.2. The molecule has 1 aliphatic carbocycles. The molecule has 1 N–H and O–H groups in total. The zero-order chi connectivity index (χ0) is 22.3. The summed E-state index contributed by atoms with van der Waals surface area (Å²) in [5, 5.41) is 9.16. The Labute approximate surface area is 186 Å². The van der Waals surface area contributed by atoms with E-state index in [2.05, 4.69) is 25.9 Å². The van der Waals surface area contributed by atoms with Crippen LogP contribution in [0.15, 0.2) is 48.8 Å². The molecule has 0 radical (unpaired) electrons. The van der Waals surface area contributed by atoms with E-state index in [-0.39, 0.29) is 17.9 Å². The van der Waals surface area contributed by atoms with Crippen LogP contribution in [0.2, 0.25) is 0 Å². The van der Waals surface area contributed by atoms with Crippen LogP contribution in [-0.2, 0) is 5.41 Å². The van der Waals surface area contributed by atoms with Gasteiger partial charge < -0.3 is 19.6 Å². The maximum Gasteiger partial charge on any atom is 0.253 e. The number of ether oxygens (including phenoxy) is 1. The molecule has 1 amide bonds. The molecule has 2 aliphatic rings. The van der Waals surface area contributed by atoms with Crippen LogP contribution in [0.1, 0.15) is 28.8 Å². The monoisotopic (exact) mass is 431 g/mol. The van der Waals surface area contributed by atoms with Gasteiger partial charge in [0.15, 0.2) is 0 Å². The molecule has 164 valence electrons. The molecular formula is C24H25N5O3. The number of pyridine rings is 1. The fraction of sp³-hybridized carbons (Fsp3) is 0.333. The molecule has 5 rings (SSSR count). The van der Waals surface area contributed by atoms with Crippen molar-refractivity contribution in [3.8, 4) is 17.1 Å². The van der Waals surface area contributed by atoms with E-state index in [4.69, 9.17) is 9.84 Å². The Morgan fingerprint density at radius 2 is 2.00 bits per heavy atom. The summed E-state index contributed by atoms with van der Waals surface area (Å²) in [6, 6.07) is 11.5. The third kappa shape index (κ3) is 3.46. The van der Waals surface area contributed by atoms with Crippen LogP contribution in [-0.4, -0.2) is 64.7 Å². The molecule has 3 heterocycles. The summed E-state index contributed by atoms with van der Waals surface area (Å²) in [4.78, 5) is 30.1. The number of methoxy groups -OCH3 is 1. The molecule has 1 fully saturated rings. The van der Waals surface area contributed by atoms with Gasteiger partial charge in [0, 0.05) is 60.8 Å². The second kappa shape index (κ2) is 7.87. The molecule has 0 atom stereocenters. The lowest BCUT2D eigenvalue weighted by Crippen LogP contribution is -2.29. The van der Waals surface area contributed by atoms with Gasteiger partial charge in [0.25, 0.3) is 5.91 Å². The zero-order valence-electron chi connectivity index (χ0n) is 18.2. The Hall–Kier alpha value is -3.52. The number of aliphatic hydroxyl groups excluding tert-OH is 1. The number of anilines is 2. The lowest BCUT2D eigenvalue weighted by molar-refractivity contribution is 0.0767. The number of carbonyl (C=O) groups is 1. The molecule has 1 aliphatic heterocycles. The van der Waals surface area contributed by atoms with Crippen molar-refractivity contribution >= 4 is 17.5 Å². The van der Waals surface area contributed by atoms with Crippen molar-refractivity contribution in [3.05, 3.63) is 59.9 Å². The standard InChI is InChI=1S/C24H25N5O3/c1-28(10-11-30)22(31)16-6-7-18-20(12-16)29(15-24(18)8-9-24)23-25-13-17(14-26-23)19-4-3-5-21(27-19)32-2/h3-7,12-14,30H,8-11,15H2,1-2H3. The van der Waals surface area contributed by atoms with E-state index >= 15 is 0 Å². The first-order chi connectivity index (χ1) is 15.5. The number of hydrogen-bond donors (Lipinski definition) is 1. The SMILES string of the molecule is COc1cccc(-c2cnc(N3CC4(CC4)c4ccc(C(=O)N(C)CCO)cc43)nc2)n1. The van der Waals surface area contributed by atoms with Gasteiger partial charge in [-0.25, -0.2) is 15.0 Å². The highest BCUT2D eigenvalue weighted by molar-refractivity contribution is 5.96. The van der Waals surface area contributed by atoms with Crippen LogP contribution in [0, 0.1) is 0 Å². The summed E-state index contributed by atoms with van der Waals surface area (Å²) >= 11 is 0. The van der Waals surface area contributed by atoms with Gasteiger partial charge in [-0.15, -0.1) is 0 Å². The second-order valence-electron chi connectivity index (χ2n) is 8.39. The fourth-order valence-electron chi connectivity index (χ4n) is 4.32. The van der Waals surface area contributed by atoms with Crippen molar-refractivity contribution < 1.29 is 14.6 Å². The van der Waals surface area contributed by atoms with Gasteiger partial charge in [-0.1, -0.05) is 12.1 Å². The van der Waals surface area contributed by atoms with E-state index in [9.17, 15) is 4.79 Å². The Kier molecular flexibility index (Phi) is 5.01. The van der Waals surface area contributed by atoms with Crippen molar-refractivity contribution in [1.29, 1.82) is 0 Å². The maximum atomic E-state index is 12.8. The average Bonchev–Trinajstić information content (AvgIpc) is 3.55. The first-order valence-corrected chi connectivity index (χ1v) is 10.7. The minimum absolute atomic E-state index is 0.0647. The van der Waals surface area contributed by atoms with Gasteiger partial charge in [0.1, 0.15) is 0 Å². The molecule has 1 saturated carbocycles. The Bertz CT molecular complexity index is 1160. The number of benzene rings is 1. The maximum absolute atomic E-state index is 12.8. The van der Waals surface area contributed by atoms with E-state index in [1.165, 1.54) is 10.5 Å². The van der Waals surface area contributed by atoms with Gasteiger partial charge in [0.2, 0.25) is 11.8 Å². The Morgan fingerprint density at radius 3 is 2.69 bits per heavy atom. The van der Waals surface area contributed by atoms with Gasteiger partial charge in [-0.3, -0.25) is 4.79 Å². The van der Waals surface area contributed by atoms with E-state index in [0.29, 0.717) is 23.9 Å². The molecule has 0 unspecified atom stereocenters. The molecule has 0 bridgehead atoms. The van der Waals surface area contributed by atoms with Crippen molar-refractivity contribution in [2.75, 3.05) is 38.8 Å². The molecule has 8 nitrogen and oxygen atoms in total. The van der Waals surface area contributed by atoms with Crippen molar-refractivity contribution in [1.82, 2.24) is 19.9 Å². The van der Waals surface area contributed by atoms with Gasteiger partial charge in [-0.05, 0) is 36.6 Å². The van der Waals surface area contributed by atoms with Gasteiger partial charge in [-0.2, -0.15) is 0 Å². The molecule has 2 aromatic heterocycles. The van der Waals surface area contributed by atoms with E-state index in [1.807, 2.05) is 24.3 Å². The lowest BCUT2D eigenvalue weighted by Gasteiger charge is -2.19. The van der Waals surface area contributed by atoms with Crippen LogP contribution in [0.3, 0.4) is 0 Å². The molecule has 3 aromatic rings. The van der Waals surface area contributed by atoms with E-state index < -0.39 is 0 Å². The summed E-state index contributed by atoms with van der Waals surface area (Å²) in [6.45, 7) is 1.04. The van der Waals surface area contributed by atoms with Crippen molar-refractivity contribution in [3.63, 3.8) is 0 Å². The highest BCUT2D eigenvalue weighted by Gasteiger charge is 2.52. The van der Waals surface area contributed by atoms with E-state index in [1.54, 1.807) is 32.6 Å². The van der Waals surface area contributed by atoms with E-state index in [0.717, 1.165) is 36.3 Å². The van der Waals surface area contributed by atoms with Crippen LogP contribution in [0.25, 0.3) is 11.3 Å². The first kappa shape index (κ1) is 20.4. The average molecular weight is 431 g/mol. The van der Waals surface area contributed by atoms with Crippen molar-refractivity contribution in [2.45, 2.75) is 18.3 Å². The predicted octanol–water partition coefficient (Wildman–Crippen LogP) is 2.79. The summed E-state index contributed by atoms with van der Waals surface area (Å²) in [5.74, 6) is 1.04.